The van der Waals surface area contributed by atoms with Crippen LogP contribution in [0.2, 0.25) is 0 Å². The standard InChI is InChI=1S/C14H23N5O8S/c15-4-10(21)17-6(1-2-11(22)23)12(24)19-8(5-28)13(25)18-7(14(26)27)3-9(16)20/h6-8,28H,1-5,15H2,(H2,16,20)(H,17,21)(H,18,25)(H,19,24)(H,22,23)(H,26,27). The molecule has 0 aliphatic heterocycles. The highest BCUT2D eigenvalue weighted by Crippen LogP contribution is 2.01. The molecule has 0 saturated carbocycles. The Balaban J connectivity index is 5.13. The second-order valence-corrected chi connectivity index (χ2v) is 5.94. The van der Waals surface area contributed by atoms with Crippen LogP contribution in [-0.2, 0) is 28.8 Å². The molecular formula is C14H23N5O8S. The third kappa shape index (κ3) is 9.72. The summed E-state index contributed by atoms with van der Waals surface area (Å²) in [5.41, 5.74) is 10.1. The molecular weight excluding hydrogens is 398 g/mol. The van der Waals surface area contributed by atoms with Gasteiger partial charge in [0.2, 0.25) is 23.6 Å². The highest BCUT2D eigenvalue weighted by Gasteiger charge is 2.29. The van der Waals surface area contributed by atoms with E-state index in [1.165, 1.54) is 0 Å². The van der Waals surface area contributed by atoms with Gasteiger partial charge >= 0.3 is 11.9 Å². The van der Waals surface area contributed by atoms with Crippen molar-refractivity contribution in [2.45, 2.75) is 37.4 Å². The van der Waals surface area contributed by atoms with Crippen molar-refractivity contribution in [1.29, 1.82) is 0 Å². The Bertz CT molecular complexity index is 629. The van der Waals surface area contributed by atoms with Crippen LogP contribution in [0, 0.1) is 0 Å². The highest BCUT2D eigenvalue weighted by atomic mass is 32.1. The van der Waals surface area contributed by atoms with E-state index in [2.05, 4.69) is 23.3 Å². The van der Waals surface area contributed by atoms with E-state index in [0.717, 1.165) is 0 Å². The lowest BCUT2D eigenvalue weighted by molar-refractivity contribution is -0.143. The molecule has 0 aliphatic rings. The van der Waals surface area contributed by atoms with Crippen molar-refractivity contribution in [3.63, 3.8) is 0 Å². The van der Waals surface area contributed by atoms with Crippen molar-refractivity contribution in [2.24, 2.45) is 11.5 Å². The van der Waals surface area contributed by atoms with Gasteiger partial charge in [0.25, 0.3) is 0 Å². The number of hydrogen-bond donors (Lipinski definition) is 8. The van der Waals surface area contributed by atoms with Crippen molar-refractivity contribution in [3.05, 3.63) is 0 Å². The SMILES string of the molecule is NCC(=O)NC(CCC(=O)O)C(=O)NC(CS)C(=O)NC(CC(N)=O)C(=O)O. The number of primary amides is 1. The van der Waals surface area contributed by atoms with Gasteiger partial charge in [-0.3, -0.25) is 24.0 Å². The van der Waals surface area contributed by atoms with Crippen LogP contribution in [0.1, 0.15) is 19.3 Å². The summed E-state index contributed by atoms with van der Waals surface area (Å²) in [5, 5.41) is 24.2. The number of thiol groups is 1. The van der Waals surface area contributed by atoms with E-state index in [0.29, 0.717) is 0 Å². The largest absolute Gasteiger partial charge is 0.481 e. The van der Waals surface area contributed by atoms with Gasteiger partial charge in [0.1, 0.15) is 18.1 Å². The van der Waals surface area contributed by atoms with Gasteiger partial charge in [0.15, 0.2) is 0 Å². The van der Waals surface area contributed by atoms with Crippen molar-refractivity contribution >= 4 is 48.2 Å². The Morgan fingerprint density at radius 1 is 0.893 bits per heavy atom. The molecule has 0 heterocycles. The summed E-state index contributed by atoms with van der Waals surface area (Å²) in [6, 6.07) is -4.22. The van der Waals surface area contributed by atoms with Gasteiger partial charge in [-0.25, -0.2) is 4.79 Å². The van der Waals surface area contributed by atoms with Gasteiger partial charge in [0.05, 0.1) is 13.0 Å². The number of aliphatic carboxylic acids is 2. The molecule has 0 radical (unpaired) electrons. The van der Waals surface area contributed by atoms with Crippen LogP contribution < -0.4 is 27.4 Å². The van der Waals surface area contributed by atoms with Crippen molar-refractivity contribution in [1.82, 2.24) is 16.0 Å². The van der Waals surface area contributed by atoms with Gasteiger partial charge in [0, 0.05) is 12.2 Å². The molecule has 158 valence electrons. The predicted octanol–water partition coefficient (Wildman–Crippen LogP) is -3.85. The average molecular weight is 421 g/mol. The number of rotatable bonds is 13. The van der Waals surface area contributed by atoms with Crippen molar-refractivity contribution in [2.75, 3.05) is 12.3 Å². The summed E-state index contributed by atoms with van der Waals surface area (Å²) in [4.78, 5) is 68.6. The molecule has 4 amide bonds. The first kappa shape index (κ1) is 25.1. The second kappa shape index (κ2) is 12.5. The third-order valence-corrected chi connectivity index (χ3v) is 3.68. The van der Waals surface area contributed by atoms with Crippen molar-refractivity contribution in [3.8, 4) is 0 Å². The van der Waals surface area contributed by atoms with Crippen molar-refractivity contribution < 1.29 is 39.0 Å². The fourth-order valence-corrected chi connectivity index (χ4v) is 2.19. The number of carboxylic acid groups (broad SMARTS) is 2. The molecule has 13 nitrogen and oxygen atoms in total. The number of carboxylic acids is 2. The number of nitrogens with one attached hydrogen (secondary N) is 3. The first-order valence-corrected chi connectivity index (χ1v) is 8.59. The average Bonchev–Trinajstić information content (AvgIpc) is 2.61. The fraction of sp³-hybridized carbons (Fsp3) is 0.571. The summed E-state index contributed by atoms with van der Waals surface area (Å²) in [7, 11) is 0. The zero-order valence-corrected chi connectivity index (χ0v) is 15.6. The van der Waals surface area contributed by atoms with Crippen LogP contribution in [0.15, 0.2) is 0 Å². The zero-order chi connectivity index (χ0) is 21.9. The maximum atomic E-state index is 12.3. The van der Waals surface area contributed by atoms with Gasteiger partial charge in [-0.1, -0.05) is 0 Å². The van der Waals surface area contributed by atoms with E-state index < -0.39 is 73.1 Å². The molecule has 3 atom stereocenters. The Labute approximate surface area is 165 Å². The first-order valence-electron chi connectivity index (χ1n) is 7.95. The number of carbonyl (C=O) groups is 6. The Morgan fingerprint density at radius 2 is 1.43 bits per heavy atom. The lowest BCUT2D eigenvalue weighted by atomic mass is 10.1. The molecule has 0 saturated heterocycles. The maximum Gasteiger partial charge on any atom is 0.326 e. The molecule has 0 fully saturated rings. The minimum absolute atomic E-state index is 0.253. The van der Waals surface area contributed by atoms with E-state index in [9.17, 15) is 28.8 Å². The highest BCUT2D eigenvalue weighted by molar-refractivity contribution is 7.80. The normalized spacial score (nSPS) is 13.5. The molecule has 0 rings (SSSR count). The molecule has 14 heteroatoms. The molecule has 0 aromatic carbocycles. The van der Waals surface area contributed by atoms with E-state index >= 15 is 0 Å². The summed E-state index contributed by atoms with van der Waals surface area (Å²) in [6.45, 7) is -0.444. The number of carbonyl (C=O) groups excluding carboxylic acids is 4. The summed E-state index contributed by atoms with van der Waals surface area (Å²) in [5.74, 6) is -6.50. The molecule has 28 heavy (non-hydrogen) atoms. The minimum atomic E-state index is -1.61. The van der Waals surface area contributed by atoms with Crippen LogP contribution in [0.25, 0.3) is 0 Å². The second-order valence-electron chi connectivity index (χ2n) is 5.57. The van der Waals surface area contributed by atoms with Gasteiger partial charge in [-0.05, 0) is 6.42 Å². The number of nitrogens with two attached hydrogens (primary N) is 2. The van der Waals surface area contributed by atoms with Crippen LogP contribution in [-0.4, -0.2) is 76.2 Å². The Hall–Kier alpha value is -2.87. The molecule has 0 aromatic rings. The van der Waals surface area contributed by atoms with E-state index in [1.807, 2.05) is 5.32 Å². The quantitative estimate of drug-likeness (QED) is 0.136. The van der Waals surface area contributed by atoms with Gasteiger partial charge in [-0.15, -0.1) is 0 Å². The predicted molar refractivity (Wildman–Crippen MR) is 97.0 cm³/mol. The van der Waals surface area contributed by atoms with Crippen LogP contribution in [0.4, 0.5) is 0 Å². The first-order chi connectivity index (χ1) is 13.0. The van der Waals surface area contributed by atoms with Gasteiger partial charge in [-0.2, -0.15) is 12.6 Å². The molecule has 0 aliphatic carbocycles. The van der Waals surface area contributed by atoms with Gasteiger partial charge < -0.3 is 37.6 Å². The summed E-state index contributed by atoms with van der Waals surface area (Å²) < 4.78 is 0. The molecule has 0 aromatic heterocycles. The monoisotopic (exact) mass is 421 g/mol. The lowest BCUT2D eigenvalue weighted by Crippen LogP contribution is -2.57. The van der Waals surface area contributed by atoms with E-state index in [-0.39, 0.29) is 12.2 Å². The maximum absolute atomic E-state index is 12.3. The summed E-state index contributed by atoms with van der Waals surface area (Å²) in [6.07, 6.45) is -1.38. The Morgan fingerprint density at radius 3 is 1.86 bits per heavy atom. The number of hydrogen-bond acceptors (Lipinski definition) is 8. The molecule has 0 bridgehead atoms. The van der Waals surface area contributed by atoms with E-state index in [4.69, 9.17) is 21.7 Å². The van der Waals surface area contributed by atoms with Crippen LogP contribution >= 0.6 is 12.6 Å². The molecule has 0 spiro atoms. The zero-order valence-electron chi connectivity index (χ0n) is 14.7. The van der Waals surface area contributed by atoms with Crippen LogP contribution in [0.3, 0.4) is 0 Å². The number of amides is 4. The lowest BCUT2D eigenvalue weighted by Gasteiger charge is -2.23. The van der Waals surface area contributed by atoms with E-state index in [1.54, 1.807) is 0 Å². The van der Waals surface area contributed by atoms with Crippen LogP contribution in [0.5, 0.6) is 0 Å². The minimum Gasteiger partial charge on any atom is -0.481 e. The Kier molecular flexibility index (Phi) is 11.2. The summed E-state index contributed by atoms with van der Waals surface area (Å²) >= 11 is 3.90. The molecule has 3 unspecified atom stereocenters. The third-order valence-electron chi connectivity index (χ3n) is 3.32. The smallest absolute Gasteiger partial charge is 0.326 e. The topological polar surface area (TPSA) is 231 Å². The fourth-order valence-electron chi connectivity index (χ4n) is 1.93. The molecule has 9 N–H and O–H groups in total.